The Bertz CT molecular complexity index is 1030. The van der Waals surface area contributed by atoms with Gasteiger partial charge < -0.3 is 10.6 Å². The minimum absolute atomic E-state index is 0.226. The fourth-order valence-electron chi connectivity index (χ4n) is 2.75. The van der Waals surface area contributed by atoms with E-state index in [0.29, 0.717) is 16.3 Å². The zero-order valence-corrected chi connectivity index (χ0v) is 15.6. The van der Waals surface area contributed by atoms with Gasteiger partial charge in [0.2, 0.25) is 0 Å². The molecule has 1 saturated carbocycles. The first-order valence-corrected chi connectivity index (χ1v) is 9.26. The topological polar surface area (TPSA) is 84.0 Å². The van der Waals surface area contributed by atoms with Crippen LogP contribution in [0.1, 0.15) is 33.7 Å². The van der Waals surface area contributed by atoms with E-state index in [0.717, 1.165) is 24.0 Å². The zero-order valence-electron chi connectivity index (χ0n) is 14.9. The number of hydrogen-bond acceptors (Lipinski definition) is 4. The van der Waals surface area contributed by atoms with Gasteiger partial charge in [-0.25, -0.2) is 0 Å². The molecule has 140 valence electrons. The van der Waals surface area contributed by atoms with Gasteiger partial charge in [-0.15, -0.1) is 0 Å². The molecule has 0 radical (unpaired) electrons. The molecule has 2 amide bonds. The average molecular weight is 393 g/mol. The summed E-state index contributed by atoms with van der Waals surface area (Å²) in [6.45, 7) is 0. The number of hydrogen-bond donors (Lipinski definition) is 2. The lowest BCUT2D eigenvalue weighted by Gasteiger charge is -2.11. The molecule has 3 aromatic rings. The third kappa shape index (κ3) is 4.18. The van der Waals surface area contributed by atoms with Crippen LogP contribution in [0.5, 0.6) is 0 Å². The zero-order chi connectivity index (χ0) is 19.5. The van der Waals surface area contributed by atoms with Crippen molar-refractivity contribution < 1.29 is 9.59 Å². The van der Waals surface area contributed by atoms with Crippen molar-refractivity contribution in [1.82, 2.24) is 15.3 Å². The highest BCUT2D eigenvalue weighted by Crippen LogP contribution is 2.28. The third-order valence-electron chi connectivity index (χ3n) is 4.39. The van der Waals surface area contributed by atoms with Crippen LogP contribution in [0.15, 0.2) is 61.1 Å². The van der Waals surface area contributed by atoms with E-state index >= 15 is 0 Å². The van der Waals surface area contributed by atoms with Gasteiger partial charge >= 0.3 is 0 Å². The van der Waals surface area contributed by atoms with Crippen LogP contribution in [-0.2, 0) is 0 Å². The Labute approximate surface area is 167 Å². The van der Waals surface area contributed by atoms with Crippen molar-refractivity contribution in [1.29, 1.82) is 0 Å². The first-order chi connectivity index (χ1) is 13.6. The van der Waals surface area contributed by atoms with Gasteiger partial charge in [-0.05, 0) is 48.7 Å². The van der Waals surface area contributed by atoms with E-state index < -0.39 is 0 Å². The molecule has 2 N–H and O–H groups in total. The molecule has 0 bridgehead atoms. The monoisotopic (exact) mass is 392 g/mol. The van der Waals surface area contributed by atoms with Crippen LogP contribution in [0, 0.1) is 0 Å². The summed E-state index contributed by atoms with van der Waals surface area (Å²) >= 11 is 5.96. The molecule has 2 aromatic heterocycles. The highest BCUT2D eigenvalue weighted by molar-refractivity contribution is 6.30. The van der Waals surface area contributed by atoms with Gasteiger partial charge in [0.15, 0.2) is 0 Å². The lowest BCUT2D eigenvalue weighted by atomic mass is 10.1. The maximum Gasteiger partial charge on any atom is 0.270 e. The van der Waals surface area contributed by atoms with E-state index in [1.807, 2.05) is 18.2 Å². The first-order valence-electron chi connectivity index (χ1n) is 8.88. The molecule has 1 aromatic carbocycles. The molecule has 1 fully saturated rings. The Balaban J connectivity index is 1.56. The quantitative estimate of drug-likeness (QED) is 0.688. The van der Waals surface area contributed by atoms with Crippen molar-refractivity contribution in [2.45, 2.75) is 18.9 Å². The Hall–Kier alpha value is -3.25. The van der Waals surface area contributed by atoms with E-state index in [1.165, 1.54) is 12.3 Å². The standard InChI is InChI=1S/C21H17ClN4O2/c22-15-3-1-13(2-4-15)17-8-9-23-12-19(17)26-20(27)14-7-10-24-18(11-14)21(28)25-16-5-6-16/h1-4,7-12,16H,5-6H2,(H,25,28)(H,26,27). The summed E-state index contributed by atoms with van der Waals surface area (Å²) in [5.74, 6) is -0.605. The van der Waals surface area contributed by atoms with E-state index in [9.17, 15) is 9.59 Å². The summed E-state index contributed by atoms with van der Waals surface area (Å²) in [7, 11) is 0. The SMILES string of the molecule is O=C(Nc1cnccc1-c1ccc(Cl)cc1)c1ccnc(C(=O)NC2CC2)c1. The second-order valence-corrected chi connectivity index (χ2v) is 7.00. The lowest BCUT2D eigenvalue weighted by Crippen LogP contribution is -2.26. The Morgan fingerprint density at radius 2 is 1.79 bits per heavy atom. The van der Waals surface area contributed by atoms with Crippen molar-refractivity contribution in [3.8, 4) is 11.1 Å². The van der Waals surface area contributed by atoms with Crippen LogP contribution < -0.4 is 10.6 Å². The average Bonchev–Trinajstić information content (AvgIpc) is 3.53. The van der Waals surface area contributed by atoms with Crippen molar-refractivity contribution in [3.63, 3.8) is 0 Å². The van der Waals surface area contributed by atoms with Gasteiger partial charge in [0.05, 0.1) is 11.9 Å². The molecule has 2 heterocycles. The molecule has 1 aliphatic carbocycles. The largest absolute Gasteiger partial charge is 0.348 e. The number of nitrogens with one attached hydrogen (secondary N) is 2. The Morgan fingerprint density at radius 3 is 2.54 bits per heavy atom. The number of aromatic nitrogens is 2. The fraction of sp³-hybridized carbons (Fsp3) is 0.143. The predicted octanol–water partition coefficient (Wildman–Crippen LogP) is 3.94. The highest BCUT2D eigenvalue weighted by atomic mass is 35.5. The number of rotatable bonds is 5. The van der Waals surface area contributed by atoms with Crippen LogP contribution in [0.2, 0.25) is 5.02 Å². The molecule has 0 unspecified atom stereocenters. The van der Waals surface area contributed by atoms with Crippen LogP contribution >= 0.6 is 11.6 Å². The molecule has 7 heteroatoms. The lowest BCUT2D eigenvalue weighted by molar-refractivity contribution is 0.0946. The molecule has 0 aliphatic heterocycles. The minimum atomic E-state index is -0.342. The smallest absolute Gasteiger partial charge is 0.270 e. The molecule has 6 nitrogen and oxygen atoms in total. The van der Waals surface area contributed by atoms with Gasteiger partial charge in [0.25, 0.3) is 11.8 Å². The molecule has 0 saturated heterocycles. The van der Waals surface area contributed by atoms with Crippen molar-refractivity contribution in [2.75, 3.05) is 5.32 Å². The molecular formula is C21H17ClN4O2. The second kappa shape index (κ2) is 7.78. The van der Waals surface area contributed by atoms with Gasteiger partial charge in [0, 0.05) is 34.6 Å². The minimum Gasteiger partial charge on any atom is -0.348 e. The Kier molecular flexibility index (Phi) is 5.04. The van der Waals surface area contributed by atoms with Gasteiger partial charge in [-0.1, -0.05) is 23.7 Å². The number of pyridine rings is 2. The van der Waals surface area contributed by atoms with Gasteiger partial charge in [-0.2, -0.15) is 0 Å². The summed E-state index contributed by atoms with van der Waals surface area (Å²) in [6.07, 6.45) is 6.68. The van der Waals surface area contributed by atoms with Gasteiger partial charge in [0.1, 0.15) is 5.69 Å². The molecule has 4 rings (SSSR count). The molecule has 0 atom stereocenters. The maximum absolute atomic E-state index is 12.7. The van der Waals surface area contributed by atoms with Crippen LogP contribution in [0.4, 0.5) is 5.69 Å². The maximum atomic E-state index is 12.7. The summed E-state index contributed by atoms with van der Waals surface area (Å²) in [5.41, 5.74) is 2.86. The third-order valence-corrected chi connectivity index (χ3v) is 4.64. The number of anilines is 1. The predicted molar refractivity (Wildman–Crippen MR) is 107 cm³/mol. The normalized spacial score (nSPS) is 13.0. The number of halogens is 1. The van der Waals surface area contributed by atoms with Crippen LogP contribution in [-0.4, -0.2) is 27.8 Å². The van der Waals surface area contributed by atoms with Gasteiger partial charge in [-0.3, -0.25) is 19.6 Å². The van der Waals surface area contributed by atoms with Crippen molar-refractivity contribution in [2.24, 2.45) is 0 Å². The van der Waals surface area contributed by atoms with E-state index in [4.69, 9.17) is 11.6 Å². The summed E-state index contributed by atoms with van der Waals surface area (Å²) < 4.78 is 0. The summed E-state index contributed by atoms with van der Waals surface area (Å²) in [4.78, 5) is 33.1. The molecule has 1 aliphatic rings. The van der Waals surface area contributed by atoms with Crippen LogP contribution in [0.3, 0.4) is 0 Å². The molecule has 28 heavy (non-hydrogen) atoms. The number of carbonyl (C=O) groups is 2. The molecular weight excluding hydrogens is 376 g/mol. The number of carbonyl (C=O) groups excluding carboxylic acids is 2. The second-order valence-electron chi connectivity index (χ2n) is 6.56. The Morgan fingerprint density at radius 1 is 1.00 bits per heavy atom. The van der Waals surface area contributed by atoms with E-state index in [1.54, 1.807) is 30.6 Å². The number of amides is 2. The van der Waals surface area contributed by atoms with Crippen LogP contribution in [0.25, 0.3) is 11.1 Å². The number of nitrogens with zero attached hydrogens (tertiary/aromatic N) is 2. The highest BCUT2D eigenvalue weighted by Gasteiger charge is 2.24. The van der Waals surface area contributed by atoms with E-state index in [-0.39, 0.29) is 23.6 Å². The summed E-state index contributed by atoms with van der Waals surface area (Å²) in [6, 6.07) is 12.4. The fourth-order valence-corrected chi connectivity index (χ4v) is 2.88. The van der Waals surface area contributed by atoms with Crippen molar-refractivity contribution in [3.05, 3.63) is 77.3 Å². The number of benzene rings is 1. The first kappa shape index (κ1) is 18.1. The summed E-state index contributed by atoms with van der Waals surface area (Å²) in [5, 5.41) is 6.37. The molecule has 0 spiro atoms. The van der Waals surface area contributed by atoms with E-state index in [2.05, 4.69) is 20.6 Å². The van der Waals surface area contributed by atoms with Crippen molar-refractivity contribution >= 4 is 29.1 Å².